The zero-order valence-electron chi connectivity index (χ0n) is 22.1. The molecule has 0 radical (unpaired) electrons. The Morgan fingerprint density at radius 1 is 1.10 bits per heavy atom. The Balaban J connectivity index is 1.43. The summed E-state index contributed by atoms with van der Waals surface area (Å²) in [6.07, 6.45) is 2.67. The second-order valence-corrected chi connectivity index (χ2v) is 9.58. The van der Waals surface area contributed by atoms with Gasteiger partial charge in [-0.05, 0) is 42.3 Å². The first-order valence-electron chi connectivity index (χ1n) is 12.8. The maximum atomic E-state index is 14.0. The third kappa shape index (κ3) is 5.75. The van der Waals surface area contributed by atoms with E-state index >= 15 is 0 Å². The van der Waals surface area contributed by atoms with E-state index in [0.717, 1.165) is 23.4 Å². The summed E-state index contributed by atoms with van der Waals surface area (Å²) >= 11 is 0. The molecule has 0 saturated carbocycles. The van der Waals surface area contributed by atoms with Crippen LogP contribution in [-0.4, -0.2) is 57.5 Å². The zero-order valence-corrected chi connectivity index (χ0v) is 22.1. The van der Waals surface area contributed by atoms with E-state index in [9.17, 15) is 18.0 Å². The van der Waals surface area contributed by atoms with Crippen molar-refractivity contribution in [2.75, 3.05) is 26.9 Å². The number of aromatic nitrogens is 4. The minimum Gasteiger partial charge on any atom is -0.467 e. The minimum atomic E-state index is -1.01. The van der Waals surface area contributed by atoms with Gasteiger partial charge < -0.3 is 4.74 Å². The number of para-hydroxylation sites is 1. The number of methoxy groups -OCH3 is 1. The van der Waals surface area contributed by atoms with Gasteiger partial charge >= 0.3 is 6.01 Å². The maximum Gasteiger partial charge on any atom is 0.316 e. The van der Waals surface area contributed by atoms with E-state index in [1.165, 1.54) is 18.2 Å². The van der Waals surface area contributed by atoms with Crippen LogP contribution in [0, 0.1) is 24.5 Å². The Morgan fingerprint density at radius 2 is 1.85 bits per heavy atom. The fraction of sp³-hybridized carbons (Fsp3) is 0.310. The summed E-state index contributed by atoms with van der Waals surface area (Å²) < 4.78 is 47.4. The second-order valence-electron chi connectivity index (χ2n) is 9.58. The zero-order chi connectivity index (χ0) is 28.2. The Bertz CT molecular complexity index is 1480. The molecule has 1 fully saturated rings. The van der Waals surface area contributed by atoms with Gasteiger partial charge in [-0.25, -0.2) is 27.8 Å². The van der Waals surface area contributed by atoms with Gasteiger partial charge in [-0.1, -0.05) is 24.3 Å². The minimum absolute atomic E-state index is 0.0119. The molecule has 40 heavy (non-hydrogen) atoms. The lowest BCUT2D eigenvalue weighted by molar-refractivity contribution is -0.151. The molecular formula is C29H28F3N5O3. The molecule has 2 atom stereocenters. The largest absolute Gasteiger partial charge is 0.467 e. The van der Waals surface area contributed by atoms with Crippen LogP contribution in [0.1, 0.15) is 29.3 Å². The van der Waals surface area contributed by atoms with Crippen molar-refractivity contribution in [3.8, 4) is 23.0 Å². The molecule has 0 spiro atoms. The summed E-state index contributed by atoms with van der Waals surface area (Å²) in [5, 5.41) is 6.23. The highest BCUT2D eigenvalue weighted by Gasteiger charge is 2.37. The molecular weight excluding hydrogens is 523 g/mol. The van der Waals surface area contributed by atoms with Crippen LogP contribution in [0.3, 0.4) is 0 Å². The van der Waals surface area contributed by atoms with E-state index in [1.54, 1.807) is 17.1 Å². The molecule has 0 unspecified atom stereocenters. The van der Waals surface area contributed by atoms with Gasteiger partial charge in [-0.2, -0.15) is 10.2 Å². The Hall–Kier alpha value is -4.09. The van der Waals surface area contributed by atoms with Crippen LogP contribution >= 0.6 is 0 Å². The van der Waals surface area contributed by atoms with Gasteiger partial charge in [0.25, 0.3) is 0 Å². The number of hydrogen-bond donors (Lipinski definition) is 0. The first kappa shape index (κ1) is 27.5. The van der Waals surface area contributed by atoms with Crippen molar-refractivity contribution in [1.82, 2.24) is 24.8 Å². The van der Waals surface area contributed by atoms with E-state index in [0.29, 0.717) is 22.5 Å². The van der Waals surface area contributed by atoms with Crippen molar-refractivity contribution in [3.63, 3.8) is 0 Å². The molecule has 2 aromatic heterocycles. The van der Waals surface area contributed by atoms with Gasteiger partial charge in [0.2, 0.25) is 0 Å². The maximum absolute atomic E-state index is 14.0. The summed E-state index contributed by atoms with van der Waals surface area (Å²) in [7, 11) is 1.48. The van der Waals surface area contributed by atoms with Crippen LogP contribution in [0.15, 0.2) is 60.9 Å². The number of benzene rings is 2. The van der Waals surface area contributed by atoms with Gasteiger partial charge in [-0.15, -0.1) is 0 Å². The van der Waals surface area contributed by atoms with Gasteiger partial charge in [-0.3, -0.25) is 9.63 Å². The number of hydrogen-bond acceptors (Lipinski definition) is 7. The Labute approximate surface area is 229 Å². The molecule has 1 saturated heterocycles. The van der Waals surface area contributed by atoms with E-state index in [2.05, 4.69) is 9.97 Å². The SMILES string of the molecule is COc1ncc(-c2nn(-c3ccccc3)c(CC(=O)C[C@@H]3CN(CCF)O[C@H]3c3ccc(F)c(F)c3)c2C)cn1. The molecule has 4 aromatic rings. The standard InChI is InChI=1S/C29H28F3N5O3/c1-18-26(37(22-6-4-3-5-7-22)35-27(18)21-15-33-29(39-2)34-16-21)14-23(38)12-20-17-36(11-10-30)40-28(20)19-8-9-24(31)25(32)13-19/h3-9,13,15-16,20,28H,10-12,14,17H2,1-2H3/t20-,28+/m1/s1. The number of nitrogens with zero attached hydrogens (tertiary/aromatic N) is 5. The summed E-state index contributed by atoms with van der Waals surface area (Å²) in [5.41, 5.74) is 3.98. The average molecular weight is 552 g/mol. The van der Waals surface area contributed by atoms with Crippen molar-refractivity contribution in [2.45, 2.75) is 25.9 Å². The number of rotatable bonds is 10. The highest BCUT2D eigenvalue weighted by atomic mass is 19.2. The lowest BCUT2D eigenvalue weighted by Crippen LogP contribution is -2.23. The molecule has 11 heteroatoms. The normalized spacial score (nSPS) is 17.3. The third-order valence-corrected chi connectivity index (χ3v) is 6.92. The number of ketones is 1. The van der Waals surface area contributed by atoms with Crippen LogP contribution in [-0.2, 0) is 16.1 Å². The molecule has 0 bridgehead atoms. The number of halogens is 3. The lowest BCUT2D eigenvalue weighted by Gasteiger charge is -2.18. The van der Waals surface area contributed by atoms with Crippen molar-refractivity contribution >= 4 is 5.78 Å². The summed E-state index contributed by atoms with van der Waals surface area (Å²) in [5.74, 6) is -2.46. The molecule has 0 amide bonds. The molecule has 8 nitrogen and oxygen atoms in total. The third-order valence-electron chi connectivity index (χ3n) is 6.92. The molecule has 1 aliphatic heterocycles. The van der Waals surface area contributed by atoms with Crippen molar-refractivity contribution < 1.29 is 27.5 Å². The van der Waals surface area contributed by atoms with E-state index in [4.69, 9.17) is 14.7 Å². The molecule has 3 heterocycles. The monoisotopic (exact) mass is 551 g/mol. The van der Waals surface area contributed by atoms with E-state index in [-0.39, 0.29) is 43.6 Å². The van der Waals surface area contributed by atoms with Crippen molar-refractivity contribution in [1.29, 1.82) is 0 Å². The van der Waals surface area contributed by atoms with Gasteiger partial charge in [0, 0.05) is 43.3 Å². The molecule has 2 aromatic carbocycles. The Morgan fingerprint density at radius 3 is 2.52 bits per heavy atom. The lowest BCUT2D eigenvalue weighted by atomic mass is 9.90. The number of carbonyl (C=O) groups is 1. The van der Waals surface area contributed by atoms with Crippen LogP contribution in [0.2, 0.25) is 0 Å². The van der Waals surface area contributed by atoms with Crippen LogP contribution < -0.4 is 4.74 Å². The number of Topliss-reactive ketones (excluding diaryl/α,β-unsaturated/α-hetero) is 1. The van der Waals surface area contributed by atoms with Crippen molar-refractivity contribution in [3.05, 3.63) is 89.4 Å². The van der Waals surface area contributed by atoms with Gasteiger partial charge in [0.05, 0.1) is 30.7 Å². The van der Waals surface area contributed by atoms with Gasteiger partial charge in [0.1, 0.15) is 18.6 Å². The summed E-state index contributed by atoms with van der Waals surface area (Å²) in [6.45, 7) is 1.54. The first-order valence-corrected chi connectivity index (χ1v) is 12.8. The summed E-state index contributed by atoms with van der Waals surface area (Å²) in [6, 6.07) is 13.2. The van der Waals surface area contributed by atoms with E-state index < -0.39 is 24.4 Å². The smallest absolute Gasteiger partial charge is 0.316 e. The predicted octanol–water partition coefficient (Wildman–Crippen LogP) is 5.00. The van der Waals surface area contributed by atoms with Gasteiger partial charge in [0.15, 0.2) is 11.6 Å². The van der Waals surface area contributed by atoms with Crippen LogP contribution in [0.25, 0.3) is 16.9 Å². The number of carbonyl (C=O) groups excluding carboxylic acids is 1. The van der Waals surface area contributed by atoms with Crippen molar-refractivity contribution in [2.24, 2.45) is 5.92 Å². The molecule has 1 aliphatic rings. The number of hydroxylamine groups is 2. The topological polar surface area (TPSA) is 82.4 Å². The molecule has 0 aliphatic carbocycles. The fourth-order valence-electron chi connectivity index (χ4n) is 4.97. The average Bonchev–Trinajstić information content (AvgIpc) is 3.51. The molecule has 208 valence electrons. The van der Waals surface area contributed by atoms with Crippen LogP contribution in [0.5, 0.6) is 6.01 Å². The van der Waals surface area contributed by atoms with E-state index in [1.807, 2.05) is 37.3 Å². The van der Waals surface area contributed by atoms with Crippen LogP contribution in [0.4, 0.5) is 13.2 Å². The molecule has 5 rings (SSSR count). The number of alkyl halides is 1. The second kappa shape index (κ2) is 12.0. The Kier molecular flexibility index (Phi) is 8.22. The quantitative estimate of drug-likeness (QED) is 0.274. The molecule has 0 N–H and O–H groups in total. The fourth-order valence-corrected chi connectivity index (χ4v) is 4.97. The highest BCUT2D eigenvalue weighted by Crippen LogP contribution is 2.37. The first-order chi connectivity index (χ1) is 19.4. The number of ether oxygens (including phenoxy) is 1. The highest BCUT2D eigenvalue weighted by molar-refractivity contribution is 5.82. The predicted molar refractivity (Wildman–Crippen MR) is 140 cm³/mol. The summed E-state index contributed by atoms with van der Waals surface area (Å²) in [4.78, 5) is 27.7.